The maximum atomic E-state index is 13.2. The highest BCUT2D eigenvalue weighted by molar-refractivity contribution is 6.31. The number of nitrogens with one attached hydrogen (secondary N) is 3. The van der Waals surface area contributed by atoms with Crippen LogP contribution in [-0.2, 0) is 9.59 Å². The standard InChI is InChI=1S/C19H19ClFN3O2/c1-11(18(25)24-15-8-9-17(21)16(20)10-15)22-13-4-6-14(7-5-13)23-19(26)12-2-3-12/h4-12,22H,2-3H2,1H3,(H,23,26)(H,24,25)/t11-/m0/s1. The van der Waals surface area contributed by atoms with Gasteiger partial charge in [-0.05, 0) is 62.2 Å². The predicted octanol–water partition coefficient (Wildman–Crippen LogP) is 4.27. The van der Waals surface area contributed by atoms with Gasteiger partial charge in [-0.25, -0.2) is 4.39 Å². The Labute approximate surface area is 155 Å². The van der Waals surface area contributed by atoms with Gasteiger partial charge in [0, 0.05) is 23.0 Å². The Hall–Kier alpha value is -2.60. The number of carbonyl (C=O) groups excluding carboxylic acids is 2. The first kappa shape index (κ1) is 18.2. The Bertz CT molecular complexity index is 822. The Morgan fingerprint density at radius 1 is 1.04 bits per heavy atom. The van der Waals surface area contributed by atoms with E-state index in [1.165, 1.54) is 18.2 Å². The monoisotopic (exact) mass is 375 g/mol. The third-order valence-corrected chi connectivity index (χ3v) is 4.35. The van der Waals surface area contributed by atoms with Crippen molar-refractivity contribution in [2.45, 2.75) is 25.8 Å². The zero-order valence-electron chi connectivity index (χ0n) is 14.2. The van der Waals surface area contributed by atoms with Gasteiger partial charge in [0.25, 0.3) is 0 Å². The molecule has 2 aromatic rings. The fourth-order valence-corrected chi connectivity index (χ4v) is 2.56. The zero-order chi connectivity index (χ0) is 18.7. The molecule has 2 aromatic carbocycles. The van der Waals surface area contributed by atoms with Crippen molar-refractivity contribution in [3.63, 3.8) is 0 Å². The summed E-state index contributed by atoms with van der Waals surface area (Å²) in [6, 6.07) is 10.6. The molecule has 7 heteroatoms. The number of halogens is 2. The van der Waals surface area contributed by atoms with Crippen molar-refractivity contribution in [2.24, 2.45) is 5.92 Å². The summed E-state index contributed by atoms with van der Waals surface area (Å²) in [6.45, 7) is 1.71. The molecule has 2 amide bonds. The number of hydrogen-bond donors (Lipinski definition) is 3. The minimum absolute atomic E-state index is 0.0488. The SMILES string of the molecule is C[C@H](Nc1ccc(NC(=O)C2CC2)cc1)C(=O)Nc1ccc(F)c(Cl)c1. The lowest BCUT2D eigenvalue weighted by Gasteiger charge is -2.16. The maximum Gasteiger partial charge on any atom is 0.246 e. The summed E-state index contributed by atoms with van der Waals surface area (Å²) < 4.78 is 13.2. The molecule has 1 fully saturated rings. The topological polar surface area (TPSA) is 70.2 Å². The summed E-state index contributed by atoms with van der Waals surface area (Å²) in [5.74, 6) is -0.614. The molecule has 0 aliphatic heterocycles. The van der Waals surface area contributed by atoms with Crippen molar-refractivity contribution < 1.29 is 14.0 Å². The molecular weight excluding hydrogens is 357 g/mol. The van der Waals surface area contributed by atoms with Crippen LogP contribution in [0.5, 0.6) is 0 Å². The smallest absolute Gasteiger partial charge is 0.246 e. The average molecular weight is 376 g/mol. The number of anilines is 3. The number of amides is 2. The fourth-order valence-electron chi connectivity index (χ4n) is 2.38. The first-order valence-electron chi connectivity index (χ1n) is 8.36. The molecule has 136 valence electrons. The van der Waals surface area contributed by atoms with Gasteiger partial charge in [0.2, 0.25) is 11.8 Å². The molecule has 0 unspecified atom stereocenters. The summed E-state index contributed by atoms with van der Waals surface area (Å²) in [5.41, 5.74) is 1.90. The van der Waals surface area contributed by atoms with Crippen LogP contribution in [0, 0.1) is 11.7 Å². The Kier molecular flexibility index (Phi) is 5.42. The van der Waals surface area contributed by atoms with E-state index in [0.29, 0.717) is 5.69 Å². The van der Waals surface area contributed by atoms with Gasteiger partial charge in [-0.3, -0.25) is 9.59 Å². The first-order chi connectivity index (χ1) is 12.4. The van der Waals surface area contributed by atoms with E-state index in [4.69, 9.17) is 11.6 Å². The molecule has 0 heterocycles. The van der Waals surface area contributed by atoms with Crippen LogP contribution in [0.1, 0.15) is 19.8 Å². The van der Waals surface area contributed by atoms with Crippen molar-refractivity contribution in [1.82, 2.24) is 0 Å². The van der Waals surface area contributed by atoms with Gasteiger partial charge in [0.15, 0.2) is 0 Å². The second-order valence-electron chi connectivity index (χ2n) is 6.33. The van der Waals surface area contributed by atoms with Crippen molar-refractivity contribution >= 4 is 40.5 Å². The molecule has 0 saturated heterocycles. The molecule has 1 saturated carbocycles. The number of carbonyl (C=O) groups is 2. The fraction of sp³-hybridized carbons (Fsp3) is 0.263. The van der Waals surface area contributed by atoms with Crippen molar-refractivity contribution in [3.05, 3.63) is 53.3 Å². The molecule has 1 atom stereocenters. The lowest BCUT2D eigenvalue weighted by Crippen LogP contribution is -2.31. The van der Waals surface area contributed by atoms with Gasteiger partial charge >= 0.3 is 0 Å². The van der Waals surface area contributed by atoms with Gasteiger partial charge in [0.1, 0.15) is 11.9 Å². The molecule has 0 spiro atoms. The minimum atomic E-state index is -0.537. The zero-order valence-corrected chi connectivity index (χ0v) is 14.9. The van der Waals surface area contributed by atoms with E-state index in [0.717, 1.165) is 24.2 Å². The summed E-state index contributed by atoms with van der Waals surface area (Å²) in [6.07, 6.45) is 1.91. The Morgan fingerprint density at radius 2 is 1.65 bits per heavy atom. The summed E-state index contributed by atoms with van der Waals surface area (Å²) in [5, 5.41) is 8.56. The number of rotatable bonds is 6. The van der Waals surface area contributed by atoms with Crippen LogP contribution >= 0.6 is 11.6 Å². The van der Waals surface area contributed by atoms with Gasteiger partial charge < -0.3 is 16.0 Å². The Morgan fingerprint density at radius 3 is 2.27 bits per heavy atom. The summed E-state index contributed by atoms with van der Waals surface area (Å²) in [7, 11) is 0. The van der Waals surface area contributed by atoms with E-state index in [2.05, 4.69) is 16.0 Å². The van der Waals surface area contributed by atoms with Crippen LogP contribution in [-0.4, -0.2) is 17.9 Å². The molecule has 0 aromatic heterocycles. The second-order valence-corrected chi connectivity index (χ2v) is 6.73. The van der Waals surface area contributed by atoms with E-state index < -0.39 is 11.9 Å². The summed E-state index contributed by atoms with van der Waals surface area (Å²) >= 11 is 5.71. The lowest BCUT2D eigenvalue weighted by atomic mass is 10.2. The third-order valence-electron chi connectivity index (χ3n) is 4.06. The maximum absolute atomic E-state index is 13.2. The second kappa shape index (κ2) is 7.74. The summed E-state index contributed by atoms with van der Waals surface area (Å²) in [4.78, 5) is 24.0. The van der Waals surface area contributed by atoms with Gasteiger partial charge in [-0.15, -0.1) is 0 Å². The Balaban J connectivity index is 1.54. The number of benzene rings is 2. The molecular formula is C19H19ClFN3O2. The highest BCUT2D eigenvalue weighted by Gasteiger charge is 2.29. The van der Waals surface area contributed by atoms with Crippen LogP contribution in [0.2, 0.25) is 5.02 Å². The molecule has 26 heavy (non-hydrogen) atoms. The lowest BCUT2D eigenvalue weighted by molar-refractivity contribution is -0.117. The number of hydrogen-bond acceptors (Lipinski definition) is 3. The van der Waals surface area contributed by atoms with Crippen molar-refractivity contribution in [2.75, 3.05) is 16.0 Å². The average Bonchev–Trinajstić information content (AvgIpc) is 3.45. The minimum Gasteiger partial charge on any atom is -0.374 e. The quantitative estimate of drug-likeness (QED) is 0.706. The van der Waals surface area contributed by atoms with Crippen LogP contribution < -0.4 is 16.0 Å². The molecule has 5 nitrogen and oxygen atoms in total. The highest BCUT2D eigenvalue weighted by atomic mass is 35.5. The third kappa shape index (κ3) is 4.73. The van der Waals surface area contributed by atoms with Gasteiger partial charge in [0.05, 0.1) is 5.02 Å². The van der Waals surface area contributed by atoms with Crippen molar-refractivity contribution in [1.29, 1.82) is 0 Å². The van der Waals surface area contributed by atoms with Crippen LogP contribution in [0.4, 0.5) is 21.5 Å². The largest absolute Gasteiger partial charge is 0.374 e. The van der Waals surface area contributed by atoms with E-state index in [-0.39, 0.29) is 22.8 Å². The highest BCUT2D eigenvalue weighted by Crippen LogP contribution is 2.30. The van der Waals surface area contributed by atoms with Crippen LogP contribution in [0.3, 0.4) is 0 Å². The van der Waals surface area contributed by atoms with E-state index in [1.807, 2.05) is 0 Å². The molecule has 0 bridgehead atoms. The van der Waals surface area contributed by atoms with E-state index in [1.54, 1.807) is 31.2 Å². The van der Waals surface area contributed by atoms with Crippen LogP contribution in [0.15, 0.2) is 42.5 Å². The normalized spacial score (nSPS) is 14.4. The van der Waals surface area contributed by atoms with Gasteiger partial charge in [-0.1, -0.05) is 11.6 Å². The predicted molar refractivity (Wildman–Crippen MR) is 101 cm³/mol. The van der Waals surface area contributed by atoms with E-state index >= 15 is 0 Å². The molecule has 0 radical (unpaired) electrons. The first-order valence-corrected chi connectivity index (χ1v) is 8.73. The van der Waals surface area contributed by atoms with E-state index in [9.17, 15) is 14.0 Å². The van der Waals surface area contributed by atoms with Crippen molar-refractivity contribution in [3.8, 4) is 0 Å². The molecule has 1 aliphatic rings. The molecule has 3 rings (SSSR count). The molecule has 1 aliphatic carbocycles. The van der Waals surface area contributed by atoms with Gasteiger partial charge in [-0.2, -0.15) is 0 Å². The van der Waals surface area contributed by atoms with Crippen LogP contribution in [0.25, 0.3) is 0 Å². The molecule has 3 N–H and O–H groups in total.